The van der Waals surface area contributed by atoms with E-state index < -0.39 is 11.7 Å². The molecule has 0 saturated carbocycles. The number of alkyl halides is 3. The molecule has 3 nitrogen and oxygen atoms in total. The largest absolute Gasteiger partial charge is 0.417 e. The molecule has 1 heterocycles. The molecule has 0 spiro atoms. The standard InChI is InChI=1S/C11H6Br2F3N3/c12-6-4-17-10(18-5-6)19-7-1-2-9(13)8(3-7)11(14,15)16/h1-5H,(H,17,18,19). The predicted molar refractivity (Wildman–Crippen MR) is 72.2 cm³/mol. The zero-order chi connectivity index (χ0) is 14.0. The molecule has 100 valence electrons. The maximum absolute atomic E-state index is 12.7. The highest BCUT2D eigenvalue weighted by molar-refractivity contribution is 9.10. The summed E-state index contributed by atoms with van der Waals surface area (Å²) in [6.07, 6.45) is -1.42. The Morgan fingerprint density at radius 3 is 2.26 bits per heavy atom. The molecule has 1 N–H and O–H groups in total. The van der Waals surface area contributed by atoms with Crippen LogP contribution >= 0.6 is 31.9 Å². The summed E-state index contributed by atoms with van der Waals surface area (Å²) in [6.45, 7) is 0. The van der Waals surface area contributed by atoms with Gasteiger partial charge in [0.1, 0.15) is 0 Å². The molecular weight excluding hydrogens is 391 g/mol. The van der Waals surface area contributed by atoms with Crippen molar-refractivity contribution in [2.75, 3.05) is 5.32 Å². The van der Waals surface area contributed by atoms with Gasteiger partial charge in [0, 0.05) is 22.6 Å². The Bertz CT molecular complexity index is 585. The Morgan fingerprint density at radius 2 is 1.68 bits per heavy atom. The highest BCUT2D eigenvalue weighted by Gasteiger charge is 2.33. The van der Waals surface area contributed by atoms with Gasteiger partial charge in [-0.05, 0) is 34.1 Å². The smallest absolute Gasteiger partial charge is 0.324 e. The minimum absolute atomic E-state index is 0.0118. The number of hydrogen-bond acceptors (Lipinski definition) is 3. The van der Waals surface area contributed by atoms with Gasteiger partial charge in [0.05, 0.1) is 10.0 Å². The van der Waals surface area contributed by atoms with Crippen molar-refractivity contribution in [3.8, 4) is 0 Å². The quantitative estimate of drug-likeness (QED) is 0.794. The second-order valence-corrected chi connectivity index (χ2v) is 5.31. The van der Waals surface area contributed by atoms with Crippen LogP contribution in [0.3, 0.4) is 0 Å². The van der Waals surface area contributed by atoms with Crippen LogP contribution in [0.4, 0.5) is 24.8 Å². The van der Waals surface area contributed by atoms with E-state index >= 15 is 0 Å². The molecule has 0 aliphatic rings. The van der Waals surface area contributed by atoms with E-state index in [9.17, 15) is 13.2 Å². The van der Waals surface area contributed by atoms with Gasteiger partial charge >= 0.3 is 6.18 Å². The molecule has 19 heavy (non-hydrogen) atoms. The van der Waals surface area contributed by atoms with E-state index in [1.54, 1.807) is 0 Å². The molecule has 0 unspecified atom stereocenters. The summed E-state index contributed by atoms with van der Waals surface area (Å²) in [6, 6.07) is 3.82. The second-order valence-electron chi connectivity index (χ2n) is 3.54. The van der Waals surface area contributed by atoms with Gasteiger partial charge in [-0.3, -0.25) is 0 Å². The van der Waals surface area contributed by atoms with Gasteiger partial charge in [0.2, 0.25) is 5.95 Å². The first kappa shape index (κ1) is 14.3. The summed E-state index contributed by atoms with van der Waals surface area (Å²) in [5.74, 6) is 0.221. The maximum atomic E-state index is 12.7. The molecular formula is C11H6Br2F3N3. The monoisotopic (exact) mass is 395 g/mol. The van der Waals surface area contributed by atoms with Crippen LogP contribution in [0, 0.1) is 0 Å². The topological polar surface area (TPSA) is 37.8 Å². The Hall–Kier alpha value is -1.15. The van der Waals surface area contributed by atoms with Crippen molar-refractivity contribution in [3.63, 3.8) is 0 Å². The van der Waals surface area contributed by atoms with Crippen LogP contribution in [0.25, 0.3) is 0 Å². The van der Waals surface area contributed by atoms with Crippen molar-refractivity contribution in [3.05, 3.63) is 45.1 Å². The zero-order valence-electron chi connectivity index (χ0n) is 9.17. The molecule has 0 aliphatic heterocycles. The third-order valence-electron chi connectivity index (χ3n) is 2.15. The van der Waals surface area contributed by atoms with Gasteiger partial charge in [0.15, 0.2) is 0 Å². The summed E-state index contributed by atoms with van der Waals surface area (Å²) in [5, 5.41) is 2.71. The maximum Gasteiger partial charge on any atom is 0.417 e. The molecule has 8 heteroatoms. The highest BCUT2D eigenvalue weighted by Crippen LogP contribution is 2.36. The second kappa shape index (κ2) is 5.46. The van der Waals surface area contributed by atoms with Gasteiger partial charge in [0.25, 0.3) is 0 Å². The van der Waals surface area contributed by atoms with E-state index in [0.717, 1.165) is 6.07 Å². The molecule has 1 aromatic heterocycles. The lowest BCUT2D eigenvalue weighted by Gasteiger charge is -2.11. The third kappa shape index (κ3) is 3.66. The number of nitrogens with zero attached hydrogens (tertiary/aromatic N) is 2. The third-order valence-corrected chi connectivity index (χ3v) is 3.25. The summed E-state index contributed by atoms with van der Waals surface area (Å²) in [5.41, 5.74) is -0.493. The first-order valence-electron chi connectivity index (χ1n) is 4.97. The minimum Gasteiger partial charge on any atom is -0.324 e. The van der Waals surface area contributed by atoms with E-state index in [1.807, 2.05) is 0 Å². The highest BCUT2D eigenvalue weighted by atomic mass is 79.9. The Labute approximate surface area is 123 Å². The van der Waals surface area contributed by atoms with Crippen molar-refractivity contribution in [2.24, 2.45) is 0 Å². The Morgan fingerprint density at radius 1 is 1.05 bits per heavy atom. The fourth-order valence-electron chi connectivity index (χ4n) is 1.33. The summed E-state index contributed by atoms with van der Waals surface area (Å²) >= 11 is 6.05. The summed E-state index contributed by atoms with van der Waals surface area (Å²) < 4.78 is 38.8. The van der Waals surface area contributed by atoms with Crippen LogP contribution in [0.5, 0.6) is 0 Å². The number of anilines is 2. The molecule has 2 aromatic rings. The van der Waals surface area contributed by atoms with E-state index in [1.165, 1.54) is 24.5 Å². The number of nitrogens with one attached hydrogen (secondary N) is 1. The Balaban J connectivity index is 2.29. The van der Waals surface area contributed by atoms with E-state index in [0.29, 0.717) is 4.47 Å². The van der Waals surface area contributed by atoms with Crippen LogP contribution in [0.15, 0.2) is 39.5 Å². The van der Waals surface area contributed by atoms with Crippen molar-refractivity contribution in [1.82, 2.24) is 9.97 Å². The van der Waals surface area contributed by atoms with Gasteiger partial charge < -0.3 is 5.32 Å². The van der Waals surface area contributed by atoms with Gasteiger partial charge in [-0.1, -0.05) is 15.9 Å². The van der Waals surface area contributed by atoms with Gasteiger partial charge in [-0.15, -0.1) is 0 Å². The van der Waals surface area contributed by atoms with Crippen molar-refractivity contribution >= 4 is 43.5 Å². The lowest BCUT2D eigenvalue weighted by molar-refractivity contribution is -0.138. The summed E-state index contributed by atoms with van der Waals surface area (Å²) in [4.78, 5) is 7.85. The molecule has 0 fully saturated rings. The number of halogens is 5. The average Bonchev–Trinajstić information content (AvgIpc) is 2.33. The SMILES string of the molecule is FC(F)(F)c1cc(Nc2ncc(Br)cn2)ccc1Br. The fraction of sp³-hybridized carbons (Fsp3) is 0.0909. The molecule has 0 radical (unpaired) electrons. The average molecular weight is 397 g/mol. The minimum atomic E-state index is -4.42. The van der Waals surface area contributed by atoms with Crippen LogP contribution in [-0.2, 0) is 6.18 Å². The van der Waals surface area contributed by atoms with Crippen LogP contribution in [0.2, 0.25) is 0 Å². The van der Waals surface area contributed by atoms with Crippen LogP contribution < -0.4 is 5.32 Å². The van der Waals surface area contributed by atoms with E-state index in [4.69, 9.17) is 0 Å². The number of hydrogen-bond donors (Lipinski definition) is 1. The van der Waals surface area contributed by atoms with Crippen LogP contribution in [0.1, 0.15) is 5.56 Å². The summed E-state index contributed by atoms with van der Waals surface area (Å²) in [7, 11) is 0. The molecule has 0 aliphatic carbocycles. The number of rotatable bonds is 2. The number of benzene rings is 1. The zero-order valence-corrected chi connectivity index (χ0v) is 12.3. The van der Waals surface area contributed by atoms with Crippen molar-refractivity contribution < 1.29 is 13.2 Å². The van der Waals surface area contributed by atoms with E-state index in [2.05, 4.69) is 47.1 Å². The van der Waals surface area contributed by atoms with Gasteiger partial charge in [-0.2, -0.15) is 13.2 Å². The van der Waals surface area contributed by atoms with Gasteiger partial charge in [-0.25, -0.2) is 9.97 Å². The van der Waals surface area contributed by atoms with Crippen molar-refractivity contribution in [2.45, 2.75) is 6.18 Å². The molecule has 1 aromatic carbocycles. The Kier molecular flexibility index (Phi) is 4.10. The fourth-order valence-corrected chi connectivity index (χ4v) is 2.00. The predicted octanol–water partition coefficient (Wildman–Crippen LogP) is 4.76. The molecule has 0 amide bonds. The van der Waals surface area contributed by atoms with E-state index in [-0.39, 0.29) is 16.1 Å². The first-order chi connectivity index (χ1) is 8.86. The van der Waals surface area contributed by atoms with Crippen LogP contribution in [-0.4, -0.2) is 9.97 Å². The lowest BCUT2D eigenvalue weighted by Crippen LogP contribution is -2.07. The molecule has 0 saturated heterocycles. The molecule has 0 atom stereocenters. The molecule has 0 bridgehead atoms. The van der Waals surface area contributed by atoms with Crippen molar-refractivity contribution in [1.29, 1.82) is 0 Å². The number of aromatic nitrogens is 2. The lowest BCUT2D eigenvalue weighted by atomic mass is 10.2. The first-order valence-corrected chi connectivity index (χ1v) is 6.56. The normalized spacial score (nSPS) is 11.4. The molecule has 2 rings (SSSR count).